The summed E-state index contributed by atoms with van der Waals surface area (Å²) in [4.78, 5) is 13.6. The highest BCUT2D eigenvalue weighted by Crippen LogP contribution is 2.57. The van der Waals surface area contributed by atoms with Crippen molar-refractivity contribution in [3.05, 3.63) is 35.4 Å². The number of rotatable bonds is 2. The molecule has 2 bridgehead atoms. The highest BCUT2D eigenvalue weighted by molar-refractivity contribution is 5.70. The molecule has 2 heterocycles. The van der Waals surface area contributed by atoms with E-state index < -0.39 is 23.3 Å². The van der Waals surface area contributed by atoms with Crippen LogP contribution in [0.5, 0.6) is 0 Å². The van der Waals surface area contributed by atoms with Crippen LogP contribution in [0.4, 0.5) is 13.6 Å². The van der Waals surface area contributed by atoms with Crippen LogP contribution in [-0.2, 0) is 10.3 Å². The Balaban J connectivity index is 1.96. The molecule has 4 rings (SSSR count). The van der Waals surface area contributed by atoms with E-state index in [1.165, 1.54) is 12.1 Å². The standard InChI is InChI=1S/C14H15F2NO2/c1-2-19-13(18)17-8-9-6-14(17,7-9)10-3-11(15)5-12(16)4-10/h3-5,9H,2,6-8H2,1H3. The van der Waals surface area contributed by atoms with Crippen molar-refractivity contribution >= 4 is 6.09 Å². The molecule has 0 N–H and O–H groups in total. The Hall–Kier alpha value is -1.65. The van der Waals surface area contributed by atoms with E-state index in [9.17, 15) is 13.6 Å². The SMILES string of the molecule is CCOC(=O)N1CC2CC1(c1cc(F)cc(F)c1)C2. The van der Waals surface area contributed by atoms with Gasteiger partial charge in [0.25, 0.3) is 0 Å². The van der Waals surface area contributed by atoms with E-state index in [-0.39, 0.29) is 0 Å². The maximum absolute atomic E-state index is 13.4. The van der Waals surface area contributed by atoms with Crippen LogP contribution in [0.1, 0.15) is 25.3 Å². The highest BCUT2D eigenvalue weighted by atomic mass is 19.1. The van der Waals surface area contributed by atoms with Gasteiger partial charge in [-0.05, 0) is 43.4 Å². The van der Waals surface area contributed by atoms with Crippen LogP contribution in [0.3, 0.4) is 0 Å². The van der Waals surface area contributed by atoms with Crippen molar-refractivity contribution < 1.29 is 18.3 Å². The fourth-order valence-electron chi connectivity index (χ4n) is 3.34. The highest BCUT2D eigenvalue weighted by Gasteiger charge is 2.59. The third-order valence-corrected chi connectivity index (χ3v) is 4.10. The molecule has 0 atom stereocenters. The molecule has 2 aliphatic heterocycles. The number of hydrogen-bond donors (Lipinski definition) is 0. The van der Waals surface area contributed by atoms with Crippen LogP contribution in [-0.4, -0.2) is 24.1 Å². The first-order valence-electron chi connectivity index (χ1n) is 6.46. The topological polar surface area (TPSA) is 29.5 Å². The molecule has 3 aliphatic rings. The largest absolute Gasteiger partial charge is 0.450 e. The first-order chi connectivity index (χ1) is 9.05. The molecule has 3 nitrogen and oxygen atoms in total. The average Bonchev–Trinajstić information content (AvgIpc) is 2.82. The van der Waals surface area contributed by atoms with E-state index in [1.807, 2.05) is 0 Å². The molecule has 1 amide bonds. The minimum Gasteiger partial charge on any atom is -0.450 e. The fraction of sp³-hybridized carbons (Fsp3) is 0.500. The van der Waals surface area contributed by atoms with E-state index in [1.54, 1.807) is 11.8 Å². The van der Waals surface area contributed by atoms with Gasteiger partial charge in [-0.25, -0.2) is 13.6 Å². The Bertz CT molecular complexity index is 506. The van der Waals surface area contributed by atoms with Gasteiger partial charge in [-0.3, -0.25) is 4.90 Å². The maximum atomic E-state index is 13.4. The van der Waals surface area contributed by atoms with Gasteiger partial charge in [-0.1, -0.05) is 0 Å². The first-order valence-corrected chi connectivity index (χ1v) is 6.46. The fourth-order valence-corrected chi connectivity index (χ4v) is 3.34. The van der Waals surface area contributed by atoms with Gasteiger partial charge in [0.15, 0.2) is 0 Å². The molecular weight excluding hydrogens is 252 g/mol. The van der Waals surface area contributed by atoms with Crippen molar-refractivity contribution in [1.82, 2.24) is 4.90 Å². The normalized spacial score (nSPS) is 28.2. The second-order valence-electron chi connectivity index (χ2n) is 5.27. The average molecular weight is 267 g/mol. The summed E-state index contributed by atoms with van der Waals surface area (Å²) >= 11 is 0. The number of hydrogen-bond acceptors (Lipinski definition) is 2. The smallest absolute Gasteiger partial charge is 0.410 e. The van der Waals surface area contributed by atoms with Crippen LogP contribution in [0.25, 0.3) is 0 Å². The van der Waals surface area contributed by atoms with Gasteiger partial charge in [0, 0.05) is 12.6 Å². The number of amides is 1. The zero-order valence-electron chi connectivity index (χ0n) is 10.7. The number of nitrogens with zero attached hydrogens (tertiary/aromatic N) is 1. The van der Waals surface area contributed by atoms with Crippen LogP contribution in [0.2, 0.25) is 0 Å². The maximum Gasteiger partial charge on any atom is 0.410 e. The van der Waals surface area contributed by atoms with Gasteiger partial charge in [0.05, 0.1) is 12.1 Å². The molecule has 1 saturated carbocycles. The number of halogens is 2. The van der Waals surface area contributed by atoms with Crippen LogP contribution >= 0.6 is 0 Å². The Morgan fingerprint density at radius 3 is 2.58 bits per heavy atom. The van der Waals surface area contributed by atoms with Crippen molar-refractivity contribution in [3.8, 4) is 0 Å². The lowest BCUT2D eigenvalue weighted by atomic mass is 9.69. The third kappa shape index (κ3) is 1.79. The molecule has 1 aromatic rings. The summed E-state index contributed by atoms with van der Waals surface area (Å²) in [7, 11) is 0. The zero-order chi connectivity index (χ0) is 13.6. The summed E-state index contributed by atoms with van der Waals surface area (Å²) < 4.78 is 31.8. The minimum atomic E-state index is -0.608. The van der Waals surface area contributed by atoms with Crippen LogP contribution in [0.15, 0.2) is 18.2 Å². The molecule has 102 valence electrons. The van der Waals surface area contributed by atoms with Gasteiger partial charge in [0.1, 0.15) is 11.6 Å². The summed E-state index contributed by atoms with van der Waals surface area (Å²) in [5, 5.41) is 0. The third-order valence-electron chi connectivity index (χ3n) is 4.10. The zero-order valence-corrected chi connectivity index (χ0v) is 10.7. The molecule has 0 spiro atoms. The molecule has 1 aliphatic carbocycles. The summed E-state index contributed by atoms with van der Waals surface area (Å²) in [6.45, 7) is 2.65. The molecule has 0 aromatic heterocycles. The number of carbonyl (C=O) groups excluding carboxylic acids is 1. The van der Waals surface area contributed by atoms with E-state index >= 15 is 0 Å². The van der Waals surface area contributed by atoms with Crippen molar-refractivity contribution in [1.29, 1.82) is 0 Å². The number of benzene rings is 1. The molecule has 0 radical (unpaired) electrons. The molecule has 5 heteroatoms. The Kier molecular flexibility index (Phi) is 2.73. The van der Waals surface area contributed by atoms with Crippen LogP contribution in [0, 0.1) is 17.6 Å². The lowest BCUT2D eigenvalue weighted by Crippen LogP contribution is -2.46. The van der Waals surface area contributed by atoms with Gasteiger partial charge < -0.3 is 4.74 Å². The Morgan fingerprint density at radius 2 is 2.00 bits per heavy atom. The molecule has 0 unspecified atom stereocenters. The lowest BCUT2D eigenvalue weighted by Gasteiger charge is -2.42. The van der Waals surface area contributed by atoms with E-state index in [2.05, 4.69) is 0 Å². The molecule has 2 saturated heterocycles. The van der Waals surface area contributed by atoms with E-state index in [0.29, 0.717) is 24.6 Å². The lowest BCUT2D eigenvalue weighted by molar-refractivity contribution is 0.0646. The number of carbonyl (C=O) groups is 1. The summed E-state index contributed by atoms with van der Waals surface area (Å²) in [6.07, 6.45) is 1.12. The molecular formula is C14H15F2NO2. The van der Waals surface area contributed by atoms with E-state index in [0.717, 1.165) is 18.9 Å². The second-order valence-corrected chi connectivity index (χ2v) is 5.27. The summed E-state index contributed by atoms with van der Waals surface area (Å²) in [6, 6.07) is 3.48. The van der Waals surface area contributed by atoms with Gasteiger partial charge in [-0.2, -0.15) is 0 Å². The van der Waals surface area contributed by atoms with Gasteiger partial charge in [0.2, 0.25) is 0 Å². The quantitative estimate of drug-likeness (QED) is 0.824. The predicted molar refractivity (Wildman–Crippen MR) is 64.5 cm³/mol. The molecule has 3 fully saturated rings. The number of fused-ring (bicyclic) bond motifs is 1. The van der Waals surface area contributed by atoms with Crippen molar-refractivity contribution in [2.75, 3.05) is 13.2 Å². The predicted octanol–water partition coefficient (Wildman–Crippen LogP) is 3.04. The van der Waals surface area contributed by atoms with Gasteiger partial charge >= 0.3 is 6.09 Å². The minimum absolute atomic E-state index is 0.299. The monoisotopic (exact) mass is 267 g/mol. The van der Waals surface area contributed by atoms with Crippen molar-refractivity contribution in [2.45, 2.75) is 25.3 Å². The summed E-state index contributed by atoms with van der Waals surface area (Å²) in [5.74, 6) is -0.803. The second kappa shape index (κ2) is 4.18. The van der Waals surface area contributed by atoms with Crippen molar-refractivity contribution in [2.24, 2.45) is 5.92 Å². The molecule has 19 heavy (non-hydrogen) atoms. The molecule has 1 aromatic carbocycles. The Morgan fingerprint density at radius 1 is 1.37 bits per heavy atom. The summed E-state index contributed by atoms with van der Waals surface area (Å²) in [5.41, 5.74) is -0.0355. The van der Waals surface area contributed by atoms with E-state index in [4.69, 9.17) is 4.74 Å². The first kappa shape index (κ1) is 12.4. The van der Waals surface area contributed by atoms with Crippen molar-refractivity contribution in [3.63, 3.8) is 0 Å². The number of ether oxygens (including phenoxy) is 1. The van der Waals surface area contributed by atoms with Gasteiger partial charge in [-0.15, -0.1) is 0 Å². The van der Waals surface area contributed by atoms with Crippen LogP contribution < -0.4 is 0 Å². The Labute approximate surface area is 110 Å².